The monoisotopic (exact) mass is 575 g/mol. The molecule has 41 heavy (non-hydrogen) atoms. The minimum absolute atomic E-state index is 0.226. The molecule has 1 saturated heterocycles. The van der Waals surface area contributed by atoms with Gasteiger partial charge in [0.15, 0.2) is 11.5 Å². The Hall–Kier alpha value is -3.40. The number of ether oxygens (including phenoxy) is 3. The summed E-state index contributed by atoms with van der Waals surface area (Å²) in [6, 6.07) is 11.0. The fraction of sp³-hybridized carbons (Fsp3) is 0.516. The Balaban J connectivity index is 1.51. The lowest BCUT2D eigenvalue weighted by atomic mass is 9.88. The molecule has 1 N–H and O–H groups in total. The number of carbonyl (C=O) groups is 1. The van der Waals surface area contributed by atoms with Crippen LogP contribution in [0.3, 0.4) is 0 Å². The number of benzene rings is 2. The van der Waals surface area contributed by atoms with Gasteiger partial charge < -0.3 is 29.0 Å². The number of nitrogens with one attached hydrogen (secondary N) is 1. The molecule has 3 aromatic rings. The highest BCUT2D eigenvalue weighted by Crippen LogP contribution is 2.40. The van der Waals surface area contributed by atoms with Gasteiger partial charge in [-0.1, -0.05) is 6.07 Å². The van der Waals surface area contributed by atoms with Crippen molar-refractivity contribution in [2.75, 3.05) is 47.4 Å². The number of H-pyrrole nitrogens is 1. The molecule has 1 aromatic heterocycles. The maximum Gasteiger partial charge on any atom is 0.410 e. The number of methoxy groups -OCH3 is 2. The SMILES string of the molecule is COc1ccc(-c2[nH]c3ccc(C4CCN(CCN(C)C(=O)OC(C)(C)C)CC4)cc3c2CC(F)(F)F)cc1OC. The van der Waals surface area contributed by atoms with Crippen molar-refractivity contribution < 1.29 is 32.2 Å². The van der Waals surface area contributed by atoms with Gasteiger partial charge in [0.25, 0.3) is 0 Å². The van der Waals surface area contributed by atoms with Gasteiger partial charge in [-0.2, -0.15) is 13.2 Å². The molecule has 7 nitrogen and oxygen atoms in total. The van der Waals surface area contributed by atoms with Gasteiger partial charge >= 0.3 is 12.3 Å². The summed E-state index contributed by atoms with van der Waals surface area (Å²) in [5, 5.41) is 0.589. The molecule has 2 aromatic carbocycles. The zero-order valence-corrected chi connectivity index (χ0v) is 24.7. The van der Waals surface area contributed by atoms with E-state index >= 15 is 0 Å². The summed E-state index contributed by atoms with van der Waals surface area (Å²) >= 11 is 0. The third-order valence-corrected chi connectivity index (χ3v) is 7.50. The first-order chi connectivity index (χ1) is 19.3. The normalized spacial score (nSPS) is 15.2. The highest BCUT2D eigenvalue weighted by molar-refractivity contribution is 5.91. The number of nitrogens with zero attached hydrogens (tertiary/aromatic N) is 2. The molecule has 1 aliphatic rings. The zero-order chi connectivity index (χ0) is 29.9. The zero-order valence-electron chi connectivity index (χ0n) is 24.7. The molecule has 0 spiro atoms. The average Bonchev–Trinajstić information content (AvgIpc) is 3.26. The van der Waals surface area contributed by atoms with Crippen LogP contribution in [0.15, 0.2) is 36.4 Å². The molecule has 0 saturated carbocycles. The van der Waals surface area contributed by atoms with Gasteiger partial charge in [-0.15, -0.1) is 0 Å². The van der Waals surface area contributed by atoms with Crippen LogP contribution in [0.4, 0.5) is 18.0 Å². The van der Waals surface area contributed by atoms with E-state index in [4.69, 9.17) is 14.2 Å². The maximum absolute atomic E-state index is 13.8. The molecule has 0 atom stereocenters. The minimum atomic E-state index is -4.37. The molecule has 1 aliphatic heterocycles. The summed E-state index contributed by atoms with van der Waals surface area (Å²) in [5.41, 5.74) is 2.43. The number of aromatic nitrogens is 1. The number of piperidine rings is 1. The summed E-state index contributed by atoms with van der Waals surface area (Å²) in [6.07, 6.45) is -3.96. The van der Waals surface area contributed by atoms with Crippen molar-refractivity contribution >= 4 is 17.0 Å². The van der Waals surface area contributed by atoms with Crippen molar-refractivity contribution in [3.8, 4) is 22.8 Å². The van der Waals surface area contributed by atoms with E-state index in [2.05, 4.69) is 9.88 Å². The van der Waals surface area contributed by atoms with Crippen molar-refractivity contribution in [2.24, 2.45) is 0 Å². The summed E-state index contributed by atoms with van der Waals surface area (Å²) in [6.45, 7) is 8.54. The Bertz CT molecular complexity index is 1360. The lowest BCUT2D eigenvalue weighted by Crippen LogP contribution is -2.41. The number of hydrogen-bond donors (Lipinski definition) is 1. The number of halogens is 3. The van der Waals surface area contributed by atoms with Crippen molar-refractivity contribution in [2.45, 2.75) is 57.7 Å². The maximum atomic E-state index is 13.8. The van der Waals surface area contributed by atoms with Crippen LogP contribution in [-0.4, -0.2) is 80.1 Å². The summed E-state index contributed by atoms with van der Waals surface area (Å²) in [4.78, 5) is 19.4. The van der Waals surface area contributed by atoms with Crippen LogP contribution in [0.25, 0.3) is 22.2 Å². The molecule has 0 bridgehead atoms. The lowest BCUT2D eigenvalue weighted by Gasteiger charge is -2.33. The van der Waals surface area contributed by atoms with Crippen molar-refractivity contribution in [3.63, 3.8) is 0 Å². The number of amides is 1. The second kappa shape index (κ2) is 12.2. The second-order valence-corrected chi connectivity index (χ2v) is 11.7. The van der Waals surface area contributed by atoms with E-state index in [9.17, 15) is 18.0 Å². The number of likely N-dealkylation sites (tertiary alicyclic amines) is 1. The Labute approximate surface area is 239 Å². The molecular formula is C31H40F3N3O4. The fourth-order valence-corrected chi connectivity index (χ4v) is 5.35. The van der Waals surface area contributed by atoms with Gasteiger partial charge in [-0.3, -0.25) is 0 Å². The fourth-order valence-electron chi connectivity index (χ4n) is 5.35. The van der Waals surface area contributed by atoms with Gasteiger partial charge in [0, 0.05) is 36.6 Å². The third kappa shape index (κ3) is 7.67. The molecule has 224 valence electrons. The minimum Gasteiger partial charge on any atom is -0.493 e. The second-order valence-electron chi connectivity index (χ2n) is 11.7. The highest BCUT2D eigenvalue weighted by atomic mass is 19.4. The number of aromatic amines is 1. The Kier molecular flexibility index (Phi) is 9.11. The average molecular weight is 576 g/mol. The lowest BCUT2D eigenvalue weighted by molar-refractivity contribution is -0.126. The van der Waals surface area contributed by atoms with E-state index in [-0.39, 0.29) is 17.6 Å². The summed E-state index contributed by atoms with van der Waals surface area (Å²) < 4.78 is 57.4. The van der Waals surface area contributed by atoms with Crippen LogP contribution < -0.4 is 9.47 Å². The van der Waals surface area contributed by atoms with Gasteiger partial charge in [0.2, 0.25) is 0 Å². The topological polar surface area (TPSA) is 67.0 Å². The standard InChI is InChI=1S/C31H40F3N3O4/c1-30(2,3)41-29(38)36(4)15-16-37-13-11-20(12-14-37)21-7-9-25-23(17-21)24(19-31(32,33)34)28(35-25)22-8-10-26(39-5)27(18-22)40-6/h7-10,17-18,20,35H,11-16,19H2,1-6H3. The summed E-state index contributed by atoms with van der Waals surface area (Å²) in [7, 11) is 4.76. The van der Waals surface area contributed by atoms with E-state index in [0.717, 1.165) is 38.0 Å². The van der Waals surface area contributed by atoms with Crippen LogP contribution in [0, 0.1) is 0 Å². The van der Waals surface area contributed by atoms with Crippen LogP contribution >= 0.6 is 0 Å². The van der Waals surface area contributed by atoms with Crippen molar-refractivity contribution in [1.82, 2.24) is 14.8 Å². The third-order valence-electron chi connectivity index (χ3n) is 7.50. The molecule has 0 unspecified atom stereocenters. The van der Waals surface area contributed by atoms with Gasteiger partial charge in [0.1, 0.15) is 5.60 Å². The van der Waals surface area contributed by atoms with Crippen LogP contribution in [0.2, 0.25) is 0 Å². The van der Waals surface area contributed by atoms with E-state index < -0.39 is 18.2 Å². The first-order valence-corrected chi connectivity index (χ1v) is 13.9. The Morgan fingerprint density at radius 3 is 2.32 bits per heavy atom. The Morgan fingerprint density at radius 2 is 1.71 bits per heavy atom. The van der Waals surface area contributed by atoms with Crippen molar-refractivity contribution in [1.29, 1.82) is 0 Å². The molecule has 0 radical (unpaired) electrons. The number of alkyl halides is 3. The van der Waals surface area contributed by atoms with Gasteiger partial charge in [0.05, 0.1) is 26.3 Å². The number of likely N-dealkylation sites (N-methyl/N-ethyl adjacent to an activating group) is 1. The number of hydrogen-bond acceptors (Lipinski definition) is 5. The molecule has 0 aliphatic carbocycles. The molecule has 4 rings (SSSR count). The summed E-state index contributed by atoms with van der Waals surface area (Å²) in [5.74, 6) is 1.21. The molecule has 2 heterocycles. The van der Waals surface area contributed by atoms with E-state index in [1.54, 1.807) is 30.1 Å². The Morgan fingerprint density at radius 1 is 1.02 bits per heavy atom. The quantitative estimate of drug-likeness (QED) is 0.313. The van der Waals surface area contributed by atoms with Crippen LogP contribution in [0.1, 0.15) is 50.7 Å². The van der Waals surface area contributed by atoms with Crippen molar-refractivity contribution in [3.05, 3.63) is 47.5 Å². The molecule has 1 amide bonds. The first-order valence-electron chi connectivity index (χ1n) is 13.9. The van der Waals surface area contributed by atoms with Crippen LogP contribution in [-0.2, 0) is 11.2 Å². The molecule has 10 heteroatoms. The van der Waals surface area contributed by atoms with E-state index in [1.807, 2.05) is 39.0 Å². The van der Waals surface area contributed by atoms with Crippen LogP contribution in [0.5, 0.6) is 11.5 Å². The number of carbonyl (C=O) groups excluding carboxylic acids is 1. The predicted octanol–water partition coefficient (Wildman–Crippen LogP) is 7.00. The van der Waals surface area contributed by atoms with E-state index in [0.29, 0.717) is 40.2 Å². The highest BCUT2D eigenvalue weighted by Gasteiger charge is 2.32. The predicted molar refractivity (Wildman–Crippen MR) is 154 cm³/mol. The van der Waals surface area contributed by atoms with Gasteiger partial charge in [-0.05, 0) is 94.1 Å². The van der Waals surface area contributed by atoms with E-state index in [1.165, 1.54) is 14.2 Å². The first kappa shape index (κ1) is 30.6. The number of fused-ring (bicyclic) bond motifs is 1. The smallest absolute Gasteiger partial charge is 0.410 e. The molecule has 1 fully saturated rings. The molecular weight excluding hydrogens is 535 g/mol. The number of rotatable bonds is 8. The van der Waals surface area contributed by atoms with Gasteiger partial charge in [-0.25, -0.2) is 4.79 Å². The largest absolute Gasteiger partial charge is 0.493 e.